The van der Waals surface area contributed by atoms with Crippen LogP contribution in [0.25, 0.3) is 22.5 Å². The molecule has 0 bridgehead atoms. The molecular weight excluding hydrogens is 271 g/mol. The Morgan fingerprint density at radius 2 is 1.90 bits per heavy atom. The van der Waals surface area contributed by atoms with Gasteiger partial charge in [-0.05, 0) is 18.2 Å². The Morgan fingerprint density at radius 3 is 2.71 bits per heavy atom. The van der Waals surface area contributed by atoms with Crippen LogP contribution < -0.4 is 0 Å². The summed E-state index contributed by atoms with van der Waals surface area (Å²) in [6, 6.07) is 8.22. The maximum absolute atomic E-state index is 13.9. The minimum atomic E-state index is -0.359. The lowest BCUT2D eigenvalue weighted by Gasteiger charge is -2.05. The third kappa shape index (κ3) is 1.78. The van der Waals surface area contributed by atoms with Gasteiger partial charge >= 0.3 is 0 Å². The minimum absolute atomic E-state index is 0.345. The Kier molecular flexibility index (Phi) is 2.50. The summed E-state index contributed by atoms with van der Waals surface area (Å²) in [7, 11) is 0. The van der Waals surface area contributed by atoms with Gasteiger partial charge in [-0.3, -0.25) is 0 Å². The maximum Gasteiger partial charge on any atom is 0.168 e. The summed E-state index contributed by atoms with van der Waals surface area (Å²) in [6.45, 7) is 0. The molecule has 3 aromatic heterocycles. The van der Waals surface area contributed by atoms with Crippen LogP contribution in [0.15, 0.2) is 55.2 Å². The molecule has 0 saturated carbocycles. The fourth-order valence-electron chi connectivity index (χ4n) is 2.21. The predicted molar refractivity (Wildman–Crippen MR) is 73.7 cm³/mol. The van der Waals surface area contributed by atoms with Gasteiger partial charge in [-0.25, -0.2) is 23.7 Å². The van der Waals surface area contributed by atoms with Crippen LogP contribution in [0, 0.1) is 5.82 Å². The van der Waals surface area contributed by atoms with Crippen molar-refractivity contribution < 1.29 is 4.39 Å². The summed E-state index contributed by atoms with van der Waals surface area (Å²) < 4.78 is 17.0. The highest BCUT2D eigenvalue weighted by atomic mass is 19.1. The molecule has 102 valence electrons. The van der Waals surface area contributed by atoms with Gasteiger partial charge in [0.1, 0.15) is 17.8 Å². The normalized spacial score (nSPS) is 11.1. The van der Waals surface area contributed by atoms with Crippen molar-refractivity contribution in [2.45, 2.75) is 0 Å². The largest absolute Gasteiger partial charge is 0.222 e. The molecule has 4 aromatic rings. The zero-order chi connectivity index (χ0) is 14.2. The standard InChI is InChI=1S/C14H9FN6/c15-11-4-1-2-5-12(11)21-14-10(8-19-21)13(16-9-17-14)20-7-3-6-18-20/h1-9H. The van der Waals surface area contributed by atoms with E-state index in [2.05, 4.69) is 20.2 Å². The number of fused-ring (bicyclic) bond motifs is 1. The molecule has 1 aromatic carbocycles. The van der Waals surface area contributed by atoms with Gasteiger partial charge in [0.2, 0.25) is 0 Å². The predicted octanol–water partition coefficient (Wildman–Crippen LogP) is 2.14. The maximum atomic E-state index is 13.9. The Morgan fingerprint density at radius 1 is 1.00 bits per heavy atom. The fourth-order valence-corrected chi connectivity index (χ4v) is 2.21. The SMILES string of the molecule is Fc1ccccc1-n1ncc2c(-n3cccn3)ncnc21. The number of benzene rings is 1. The zero-order valence-electron chi connectivity index (χ0n) is 10.8. The lowest BCUT2D eigenvalue weighted by Crippen LogP contribution is -2.03. The number of para-hydroxylation sites is 1. The minimum Gasteiger partial charge on any atom is -0.222 e. The second kappa shape index (κ2) is 4.48. The molecule has 0 aliphatic rings. The lowest BCUT2D eigenvalue weighted by atomic mass is 10.3. The summed E-state index contributed by atoms with van der Waals surface area (Å²) in [5.41, 5.74) is 0.873. The molecule has 0 fully saturated rings. The molecule has 7 heteroatoms. The van der Waals surface area contributed by atoms with Crippen LogP contribution in [0.5, 0.6) is 0 Å². The third-order valence-corrected chi connectivity index (χ3v) is 3.15. The van der Waals surface area contributed by atoms with Crippen molar-refractivity contribution in [2.24, 2.45) is 0 Å². The number of rotatable bonds is 2. The molecule has 0 spiro atoms. The van der Waals surface area contributed by atoms with E-state index in [1.807, 2.05) is 0 Å². The first-order valence-electron chi connectivity index (χ1n) is 6.28. The molecule has 21 heavy (non-hydrogen) atoms. The van der Waals surface area contributed by atoms with Crippen LogP contribution in [-0.4, -0.2) is 29.5 Å². The summed E-state index contributed by atoms with van der Waals surface area (Å²) in [6.07, 6.45) is 6.47. The molecule has 0 radical (unpaired) electrons. The quantitative estimate of drug-likeness (QED) is 0.564. The van der Waals surface area contributed by atoms with E-state index in [9.17, 15) is 4.39 Å². The summed E-state index contributed by atoms with van der Waals surface area (Å²) in [5.74, 6) is 0.245. The van der Waals surface area contributed by atoms with Crippen LogP contribution in [-0.2, 0) is 0 Å². The number of hydrogen-bond donors (Lipinski definition) is 0. The van der Waals surface area contributed by atoms with Gasteiger partial charge in [0.25, 0.3) is 0 Å². The Labute approximate surface area is 118 Å². The van der Waals surface area contributed by atoms with Gasteiger partial charge < -0.3 is 0 Å². The van der Waals surface area contributed by atoms with Crippen molar-refractivity contribution >= 4 is 11.0 Å². The second-order valence-electron chi connectivity index (χ2n) is 4.39. The number of halogens is 1. The highest BCUT2D eigenvalue weighted by molar-refractivity contribution is 5.83. The van der Waals surface area contributed by atoms with Gasteiger partial charge in [0.15, 0.2) is 11.5 Å². The van der Waals surface area contributed by atoms with Gasteiger partial charge in [0, 0.05) is 12.4 Å². The first kappa shape index (κ1) is 11.7. The molecule has 6 nitrogen and oxygen atoms in total. The van der Waals surface area contributed by atoms with E-state index in [0.717, 1.165) is 0 Å². The van der Waals surface area contributed by atoms with Crippen LogP contribution in [0.1, 0.15) is 0 Å². The molecule has 0 saturated heterocycles. The first-order valence-corrected chi connectivity index (χ1v) is 6.28. The van der Waals surface area contributed by atoms with Crippen molar-refractivity contribution in [1.82, 2.24) is 29.5 Å². The van der Waals surface area contributed by atoms with E-state index in [1.165, 1.54) is 17.1 Å². The molecule has 0 aliphatic heterocycles. The van der Waals surface area contributed by atoms with E-state index < -0.39 is 0 Å². The fraction of sp³-hybridized carbons (Fsp3) is 0. The number of nitrogens with zero attached hydrogens (tertiary/aromatic N) is 6. The van der Waals surface area contributed by atoms with E-state index >= 15 is 0 Å². The average Bonchev–Trinajstić information content (AvgIpc) is 3.17. The van der Waals surface area contributed by atoms with Gasteiger partial charge in [0.05, 0.1) is 11.6 Å². The molecule has 0 amide bonds. The van der Waals surface area contributed by atoms with Crippen LogP contribution in [0.2, 0.25) is 0 Å². The van der Waals surface area contributed by atoms with Gasteiger partial charge in [-0.2, -0.15) is 10.2 Å². The lowest BCUT2D eigenvalue weighted by molar-refractivity contribution is 0.612. The molecular formula is C14H9FN6. The third-order valence-electron chi connectivity index (χ3n) is 3.15. The van der Waals surface area contributed by atoms with Crippen molar-refractivity contribution in [3.63, 3.8) is 0 Å². The van der Waals surface area contributed by atoms with Gasteiger partial charge in [-0.1, -0.05) is 12.1 Å². The monoisotopic (exact) mass is 280 g/mol. The van der Waals surface area contributed by atoms with Crippen molar-refractivity contribution in [2.75, 3.05) is 0 Å². The Bertz CT molecular complexity index is 912. The summed E-state index contributed by atoms with van der Waals surface area (Å²) in [4.78, 5) is 8.43. The number of aromatic nitrogens is 6. The van der Waals surface area contributed by atoms with E-state index in [-0.39, 0.29) is 5.82 Å². The van der Waals surface area contributed by atoms with E-state index in [0.29, 0.717) is 22.5 Å². The zero-order valence-corrected chi connectivity index (χ0v) is 10.8. The topological polar surface area (TPSA) is 61.4 Å². The van der Waals surface area contributed by atoms with Crippen LogP contribution in [0.4, 0.5) is 4.39 Å². The molecule has 3 heterocycles. The molecule has 4 rings (SSSR count). The molecule has 0 aliphatic carbocycles. The van der Waals surface area contributed by atoms with E-state index in [1.54, 1.807) is 47.5 Å². The second-order valence-corrected chi connectivity index (χ2v) is 4.39. The highest BCUT2D eigenvalue weighted by Crippen LogP contribution is 2.21. The van der Waals surface area contributed by atoms with Crippen LogP contribution >= 0.6 is 0 Å². The average molecular weight is 280 g/mol. The highest BCUT2D eigenvalue weighted by Gasteiger charge is 2.14. The smallest absolute Gasteiger partial charge is 0.168 e. The Hall–Kier alpha value is -3.09. The van der Waals surface area contributed by atoms with Gasteiger partial charge in [-0.15, -0.1) is 0 Å². The van der Waals surface area contributed by atoms with Crippen LogP contribution in [0.3, 0.4) is 0 Å². The van der Waals surface area contributed by atoms with E-state index in [4.69, 9.17) is 0 Å². The van der Waals surface area contributed by atoms with Crippen molar-refractivity contribution in [3.05, 3.63) is 61.1 Å². The Balaban J connectivity index is 1.99. The summed E-state index contributed by atoms with van der Waals surface area (Å²) in [5, 5.41) is 9.08. The molecule has 0 atom stereocenters. The summed E-state index contributed by atoms with van der Waals surface area (Å²) >= 11 is 0. The molecule has 0 N–H and O–H groups in total. The van der Waals surface area contributed by atoms with Crippen molar-refractivity contribution in [3.8, 4) is 11.5 Å². The number of hydrogen-bond acceptors (Lipinski definition) is 4. The first-order chi connectivity index (χ1) is 10.3. The van der Waals surface area contributed by atoms with Crippen molar-refractivity contribution in [1.29, 1.82) is 0 Å². The molecule has 0 unspecified atom stereocenters.